The molecule has 2 rings (SSSR count). The van der Waals surface area contributed by atoms with Crippen LogP contribution in [0.5, 0.6) is 5.75 Å². The minimum Gasteiger partial charge on any atom is -0.496 e. The number of halogens is 1. The van der Waals surface area contributed by atoms with Crippen molar-refractivity contribution in [1.29, 1.82) is 0 Å². The Morgan fingerprint density at radius 2 is 2.00 bits per heavy atom. The maximum absolute atomic E-state index is 12.2. The molecule has 1 aromatic heterocycles. The first-order valence-corrected chi connectivity index (χ1v) is 6.37. The number of benzene rings is 1. The molecule has 4 heteroatoms. The molecule has 0 bridgehead atoms. The lowest BCUT2D eigenvalue weighted by atomic mass is 10.1. The van der Waals surface area contributed by atoms with E-state index in [1.54, 1.807) is 19.2 Å². The largest absolute Gasteiger partial charge is 0.496 e. The minimum absolute atomic E-state index is 0.0226. The number of rotatable bonds is 3. The van der Waals surface area contributed by atoms with Crippen molar-refractivity contribution in [3.63, 3.8) is 0 Å². The van der Waals surface area contributed by atoms with Crippen molar-refractivity contribution < 1.29 is 9.53 Å². The van der Waals surface area contributed by atoms with Gasteiger partial charge in [0.25, 0.3) is 0 Å². The third-order valence-electron chi connectivity index (χ3n) is 2.21. The molecule has 0 unspecified atom stereocenters. The van der Waals surface area contributed by atoms with Crippen LogP contribution < -0.4 is 4.74 Å². The van der Waals surface area contributed by atoms with E-state index in [4.69, 9.17) is 4.74 Å². The summed E-state index contributed by atoms with van der Waals surface area (Å²) < 4.78 is 6.00. The van der Waals surface area contributed by atoms with Crippen LogP contribution in [0.1, 0.15) is 15.9 Å². The molecule has 0 amide bonds. The first kappa shape index (κ1) is 11.4. The summed E-state index contributed by atoms with van der Waals surface area (Å²) in [5.74, 6) is 0.580. The van der Waals surface area contributed by atoms with Gasteiger partial charge in [-0.3, -0.25) is 4.79 Å². The molecule has 16 heavy (non-hydrogen) atoms. The molecule has 0 atom stereocenters. The number of ketones is 1. The monoisotopic (exact) mass is 296 g/mol. The van der Waals surface area contributed by atoms with E-state index in [2.05, 4.69) is 15.9 Å². The van der Waals surface area contributed by atoms with Crippen molar-refractivity contribution in [1.82, 2.24) is 0 Å². The molecule has 0 saturated heterocycles. The lowest BCUT2D eigenvalue weighted by Crippen LogP contribution is -2.03. The molecule has 0 radical (unpaired) electrons. The fraction of sp³-hybridized carbons (Fsp3) is 0.0833. The van der Waals surface area contributed by atoms with Crippen LogP contribution >= 0.6 is 27.3 Å². The van der Waals surface area contributed by atoms with Crippen molar-refractivity contribution in [2.45, 2.75) is 0 Å². The summed E-state index contributed by atoms with van der Waals surface area (Å²) in [7, 11) is 1.56. The summed E-state index contributed by atoms with van der Waals surface area (Å²) >= 11 is 4.85. The second kappa shape index (κ2) is 4.80. The molecule has 0 N–H and O–H groups in total. The molecule has 0 fully saturated rings. The molecule has 0 aliphatic heterocycles. The quantitative estimate of drug-likeness (QED) is 0.807. The lowest BCUT2D eigenvalue weighted by molar-refractivity contribution is 0.103. The van der Waals surface area contributed by atoms with Crippen LogP contribution in [0.25, 0.3) is 0 Å². The van der Waals surface area contributed by atoms with Gasteiger partial charge < -0.3 is 4.74 Å². The molecule has 0 aliphatic carbocycles. The molecule has 2 nitrogen and oxygen atoms in total. The summed E-state index contributed by atoms with van der Waals surface area (Å²) in [5.41, 5.74) is 1.26. The van der Waals surface area contributed by atoms with Gasteiger partial charge in [0.05, 0.1) is 12.7 Å². The molecule has 0 saturated carbocycles. The van der Waals surface area contributed by atoms with Gasteiger partial charge in [-0.15, -0.1) is 0 Å². The first-order valence-electron chi connectivity index (χ1n) is 4.63. The summed E-state index contributed by atoms with van der Waals surface area (Å²) in [6, 6.07) is 7.23. The van der Waals surface area contributed by atoms with Gasteiger partial charge in [0, 0.05) is 20.8 Å². The van der Waals surface area contributed by atoms with Crippen molar-refractivity contribution in [3.8, 4) is 5.75 Å². The second-order valence-electron chi connectivity index (χ2n) is 3.16. The van der Waals surface area contributed by atoms with Gasteiger partial charge in [-0.25, -0.2) is 0 Å². The lowest BCUT2D eigenvalue weighted by Gasteiger charge is -2.06. The van der Waals surface area contributed by atoms with Crippen LogP contribution in [0, 0.1) is 0 Å². The molecule has 1 heterocycles. The maximum Gasteiger partial charge on any atom is 0.198 e. The normalized spacial score (nSPS) is 10.1. The molecule has 0 aliphatic rings. The maximum atomic E-state index is 12.2. The zero-order valence-corrected chi connectivity index (χ0v) is 11.0. The van der Waals surface area contributed by atoms with E-state index in [1.165, 1.54) is 11.3 Å². The molecular weight excluding hydrogens is 288 g/mol. The Morgan fingerprint density at radius 3 is 2.62 bits per heavy atom. The van der Waals surface area contributed by atoms with Crippen molar-refractivity contribution in [3.05, 3.63) is 50.6 Å². The number of hydrogen-bond acceptors (Lipinski definition) is 3. The van der Waals surface area contributed by atoms with Gasteiger partial charge in [-0.2, -0.15) is 11.3 Å². The zero-order valence-electron chi connectivity index (χ0n) is 8.57. The molecule has 1 aromatic carbocycles. The van der Waals surface area contributed by atoms with Crippen molar-refractivity contribution in [2.75, 3.05) is 7.11 Å². The van der Waals surface area contributed by atoms with Gasteiger partial charge >= 0.3 is 0 Å². The fourth-order valence-corrected chi connectivity index (χ4v) is 2.88. The number of ether oxygens (including phenoxy) is 1. The average Bonchev–Trinajstić information content (AvgIpc) is 2.74. The predicted molar refractivity (Wildman–Crippen MR) is 68.4 cm³/mol. The van der Waals surface area contributed by atoms with E-state index < -0.39 is 0 Å². The third kappa shape index (κ3) is 2.03. The molecular formula is C12H9BrO2S. The first-order chi connectivity index (χ1) is 7.74. The van der Waals surface area contributed by atoms with Crippen LogP contribution in [0.4, 0.5) is 0 Å². The number of carbonyl (C=O) groups excluding carboxylic acids is 1. The molecule has 0 spiro atoms. The third-order valence-corrected chi connectivity index (χ3v) is 3.91. The van der Waals surface area contributed by atoms with E-state index in [1.807, 2.05) is 22.9 Å². The highest BCUT2D eigenvalue weighted by atomic mass is 79.9. The van der Waals surface area contributed by atoms with Gasteiger partial charge in [0.2, 0.25) is 0 Å². The van der Waals surface area contributed by atoms with Crippen molar-refractivity contribution >= 4 is 33.0 Å². The number of hydrogen-bond donors (Lipinski definition) is 0. The summed E-state index contributed by atoms with van der Waals surface area (Å²) in [4.78, 5) is 12.2. The number of methoxy groups -OCH3 is 1. The van der Waals surface area contributed by atoms with Crippen LogP contribution in [0.2, 0.25) is 0 Å². The van der Waals surface area contributed by atoms with E-state index in [0.29, 0.717) is 16.9 Å². The van der Waals surface area contributed by atoms with Crippen molar-refractivity contribution in [2.24, 2.45) is 0 Å². The Bertz CT molecular complexity index is 519. The van der Waals surface area contributed by atoms with E-state index in [-0.39, 0.29) is 5.78 Å². The van der Waals surface area contributed by atoms with Gasteiger partial charge in [0.1, 0.15) is 5.75 Å². The SMILES string of the molecule is COc1ccccc1C(=O)c1cscc1Br. The van der Waals surface area contributed by atoms with Crippen LogP contribution in [0.15, 0.2) is 39.5 Å². The summed E-state index contributed by atoms with van der Waals surface area (Å²) in [6.07, 6.45) is 0. The highest BCUT2D eigenvalue weighted by molar-refractivity contribution is 9.10. The predicted octanol–water partition coefficient (Wildman–Crippen LogP) is 3.75. The Hall–Kier alpha value is -1.13. The topological polar surface area (TPSA) is 26.3 Å². The summed E-state index contributed by atoms with van der Waals surface area (Å²) in [5, 5.41) is 3.72. The average molecular weight is 297 g/mol. The molecule has 2 aromatic rings. The number of carbonyl (C=O) groups is 1. The van der Waals surface area contributed by atoms with Gasteiger partial charge in [-0.05, 0) is 28.1 Å². The zero-order chi connectivity index (χ0) is 11.5. The Kier molecular flexibility index (Phi) is 3.41. The van der Waals surface area contributed by atoms with Crippen LogP contribution in [-0.2, 0) is 0 Å². The van der Waals surface area contributed by atoms with Crippen LogP contribution in [0.3, 0.4) is 0 Å². The standard InChI is InChI=1S/C12H9BrO2S/c1-15-11-5-3-2-4-8(11)12(14)9-6-16-7-10(9)13/h2-7H,1H3. The van der Waals surface area contributed by atoms with E-state index >= 15 is 0 Å². The van der Waals surface area contributed by atoms with E-state index in [0.717, 1.165) is 4.47 Å². The molecule has 82 valence electrons. The smallest absolute Gasteiger partial charge is 0.198 e. The highest BCUT2D eigenvalue weighted by Crippen LogP contribution is 2.27. The Labute approximate surface area is 106 Å². The fourth-order valence-electron chi connectivity index (χ4n) is 1.42. The Morgan fingerprint density at radius 1 is 1.25 bits per heavy atom. The van der Waals surface area contributed by atoms with Crippen LogP contribution in [-0.4, -0.2) is 12.9 Å². The summed E-state index contributed by atoms with van der Waals surface area (Å²) in [6.45, 7) is 0. The van der Waals surface area contributed by atoms with E-state index in [9.17, 15) is 4.79 Å². The van der Waals surface area contributed by atoms with Gasteiger partial charge in [0.15, 0.2) is 5.78 Å². The number of para-hydroxylation sites is 1. The second-order valence-corrected chi connectivity index (χ2v) is 4.76. The Balaban J connectivity index is 2.46. The van der Waals surface area contributed by atoms with Gasteiger partial charge in [-0.1, -0.05) is 12.1 Å². The highest BCUT2D eigenvalue weighted by Gasteiger charge is 2.16. The minimum atomic E-state index is -0.0226. The number of thiophene rings is 1.